The van der Waals surface area contributed by atoms with E-state index in [1.54, 1.807) is 31.0 Å². The summed E-state index contributed by atoms with van der Waals surface area (Å²) in [7, 11) is 3.19. The fraction of sp³-hybridized carbons (Fsp3) is 0.207. The first-order valence-corrected chi connectivity index (χ1v) is 12.3. The largest absolute Gasteiger partial charge is 0.497 e. The summed E-state index contributed by atoms with van der Waals surface area (Å²) in [5, 5.41) is 11.1. The van der Waals surface area contributed by atoms with E-state index in [9.17, 15) is 4.79 Å². The molecule has 0 bridgehead atoms. The number of carbonyl (C=O) groups excluding carboxylic acids is 1. The highest BCUT2D eigenvalue weighted by Crippen LogP contribution is 2.40. The predicted octanol–water partition coefficient (Wildman–Crippen LogP) is 5.29. The Bertz CT molecular complexity index is 1490. The van der Waals surface area contributed by atoms with E-state index in [1.807, 2.05) is 74.5 Å². The minimum Gasteiger partial charge on any atom is -0.497 e. The third-order valence-corrected chi connectivity index (χ3v) is 6.31. The predicted molar refractivity (Wildman–Crippen MR) is 146 cm³/mol. The van der Waals surface area contributed by atoms with Crippen LogP contribution in [-0.4, -0.2) is 41.5 Å². The molecule has 1 amide bonds. The van der Waals surface area contributed by atoms with Crippen molar-refractivity contribution in [1.82, 2.24) is 14.8 Å². The van der Waals surface area contributed by atoms with Crippen molar-refractivity contribution in [2.24, 2.45) is 0 Å². The monoisotopic (exact) mass is 511 g/mol. The van der Waals surface area contributed by atoms with E-state index in [0.717, 1.165) is 16.9 Å². The first kappa shape index (κ1) is 24.9. The summed E-state index contributed by atoms with van der Waals surface area (Å²) in [5.41, 5.74) is 3.34. The minimum absolute atomic E-state index is 0.289. The highest BCUT2D eigenvalue weighted by molar-refractivity contribution is 6.06. The number of fused-ring (bicyclic) bond motifs is 1. The lowest BCUT2D eigenvalue weighted by molar-refractivity contribution is -0.113. The van der Waals surface area contributed by atoms with Gasteiger partial charge in [-0.25, -0.2) is 4.68 Å². The first-order chi connectivity index (χ1) is 18.5. The van der Waals surface area contributed by atoms with Gasteiger partial charge in [0.25, 0.3) is 5.91 Å². The average Bonchev–Trinajstić information content (AvgIpc) is 3.37. The maximum atomic E-state index is 13.9. The van der Waals surface area contributed by atoms with Crippen LogP contribution >= 0.6 is 0 Å². The highest BCUT2D eigenvalue weighted by atomic mass is 16.5. The fourth-order valence-corrected chi connectivity index (χ4v) is 4.53. The lowest BCUT2D eigenvalue weighted by Crippen LogP contribution is -2.31. The number of amides is 1. The molecule has 1 atom stereocenters. The van der Waals surface area contributed by atoms with Crippen molar-refractivity contribution in [3.05, 3.63) is 89.6 Å². The number of rotatable bonds is 8. The number of hydrogen-bond acceptors (Lipinski definition) is 7. The molecule has 0 saturated carbocycles. The Hall–Kier alpha value is -4.79. The van der Waals surface area contributed by atoms with Gasteiger partial charge in [-0.2, -0.15) is 4.98 Å². The number of benzene rings is 3. The van der Waals surface area contributed by atoms with Gasteiger partial charge in [-0.1, -0.05) is 30.3 Å². The van der Waals surface area contributed by atoms with Crippen LogP contribution in [0.15, 0.2) is 84.1 Å². The molecule has 1 aliphatic rings. The van der Waals surface area contributed by atoms with Crippen molar-refractivity contribution in [3.8, 4) is 28.6 Å². The van der Waals surface area contributed by atoms with E-state index < -0.39 is 6.04 Å². The number of anilines is 2. The standard InChI is InChI=1S/C29H29N5O4/c1-5-38-23-12-8-6-10-21(23)26-25(28(35)31-22-11-7-9-13-24(22)37-4)18(2)30-29-32-27(33-34(26)29)19-14-16-20(36-3)17-15-19/h6-17,26H,5H2,1-4H3,(H,31,35)(H,30,32,33). The van der Waals surface area contributed by atoms with Crippen LogP contribution in [0.4, 0.5) is 11.6 Å². The van der Waals surface area contributed by atoms with Crippen LogP contribution in [0, 0.1) is 0 Å². The summed E-state index contributed by atoms with van der Waals surface area (Å²) < 4.78 is 18.4. The number of methoxy groups -OCH3 is 2. The molecular formula is C29H29N5O4. The van der Waals surface area contributed by atoms with E-state index in [2.05, 4.69) is 10.6 Å². The first-order valence-electron chi connectivity index (χ1n) is 12.3. The highest BCUT2D eigenvalue weighted by Gasteiger charge is 2.36. The number of aromatic nitrogens is 3. The summed E-state index contributed by atoms with van der Waals surface area (Å²) in [4.78, 5) is 18.6. The van der Waals surface area contributed by atoms with Gasteiger partial charge in [0, 0.05) is 16.8 Å². The second-order valence-corrected chi connectivity index (χ2v) is 8.62. The molecule has 38 heavy (non-hydrogen) atoms. The Kier molecular flexibility index (Phi) is 6.99. The number of ether oxygens (including phenoxy) is 3. The van der Waals surface area contributed by atoms with E-state index in [1.165, 1.54) is 0 Å². The molecule has 3 aromatic carbocycles. The number of nitrogens with zero attached hydrogens (tertiary/aromatic N) is 3. The van der Waals surface area contributed by atoms with Crippen molar-refractivity contribution in [2.75, 3.05) is 31.5 Å². The SMILES string of the molecule is CCOc1ccccc1C1C(C(=O)Nc2ccccc2OC)=C(C)Nc2nc(-c3ccc(OC)cc3)nn21. The van der Waals surface area contributed by atoms with Crippen molar-refractivity contribution >= 4 is 17.5 Å². The van der Waals surface area contributed by atoms with Crippen LogP contribution in [0.1, 0.15) is 25.5 Å². The zero-order chi connectivity index (χ0) is 26.6. The minimum atomic E-state index is -0.594. The summed E-state index contributed by atoms with van der Waals surface area (Å²) in [5.74, 6) is 2.74. The summed E-state index contributed by atoms with van der Waals surface area (Å²) >= 11 is 0. The Balaban J connectivity index is 1.62. The zero-order valence-electron chi connectivity index (χ0n) is 21.7. The topological polar surface area (TPSA) is 99.5 Å². The quantitative estimate of drug-likeness (QED) is 0.332. The van der Waals surface area contributed by atoms with Crippen LogP contribution in [0.2, 0.25) is 0 Å². The molecule has 9 nitrogen and oxygen atoms in total. The van der Waals surface area contributed by atoms with Crippen molar-refractivity contribution in [3.63, 3.8) is 0 Å². The molecule has 2 N–H and O–H groups in total. The third kappa shape index (κ3) is 4.66. The van der Waals surface area contributed by atoms with Gasteiger partial charge in [-0.05, 0) is 56.3 Å². The second kappa shape index (κ2) is 10.7. The number of para-hydroxylation sites is 3. The number of allylic oxidation sites excluding steroid dienone is 1. The molecule has 1 aliphatic heterocycles. The fourth-order valence-electron chi connectivity index (χ4n) is 4.53. The normalized spacial score (nSPS) is 14.4. The van der Waals surface area contributed by atoms with Gasteiger partial charge >= 0.3 is 0 Å². The lowest BCUT2D eigenvalue weighted by Gasteiger charge is -2.29. The Morgan fingerprint density at radius 2 is 1.68 bits per heavy atom. The van der Waals surface area contributed by atoms with Crippen LogP contribution in [0.3, 0.4) is 0 Å². The van der Waals surface area contributed by atoms with Gasteiger partial charge in [-0.3, -0.25) is 4.79 Å². The van der Waals surface area contributed by atoms with Gasteiger partial charge in [0.1, 0.15) is 23.3 Å². The lowest BCUT2D eigenvalue weighted by atomic mass is 9.94. The van der Waals surface area contributed by atoms with Crippen LogP contribution in [-0.2, 0) is 4.79 Å². The summed E-state index contributed by atoms with van der Waals surface area (Å²) in [6.45, 7) is 4.27. The van der Waals surface area contributed by atoms with Gasteiger partial charge in [0.15, 0.2) is 5.82 Å². The van der Waals surface area contributed by atoms with Gasteiger partial charge in [0.05, 0.1) is 32.1 Å². The van der Waals surface area contributed by atoms with Crippen LogP contribution < -0.4 is 24.8 Å². The summed E-state index contributed by atoms with van der Waals surface area (Å²) in [6.07, 6.45) is 0. The molecule has 9 heteroatoms. The molecule has 1 unspecified atom stereocenters. The van der Waals surface area contributed by atoms with E-state index in [-0.39, 0.29) is 5.91 Å². The third-order valence-electron chi connectivity index (χ3n) is 6.31. The number of nitrogens with one attached hydrogen (secondary N) is 2. The molecule has 1 aromatic heterocycles. The van der Waals surface area contributed by atoms with Crippen molar-refractivity contribution in [2.45, 2.75) is 19.9 Å². The molecule has 194 valence electrons. The molecule has 2 heterocycles. The average molecular weight is 512 g/mol. The zero-order valence-corrected chi connectivity index (χ0v) is 21.7. The maximum absolute atomic E-state index is 13.9. The Labute approximate surface area is 221 Å². The van der Waals surface area contributed by atoms with Crippen LogP contribution in [0.25, 0.3) is 11.4 Å². The van der Waals surface area contributed by atoms with Crippen LogP contribution in [0.5, 0.6) is 17.2 Å². The van der Waals surface area contributed by atoms with E-state index in [0.29, 0.717) is 46.8 Å². The van der Waals surface area contributed by atoms with Crippen molar-refractivity contribution in [1.29, 1.82) is 0 Å². The Morgan fingerprint density at radius 1 is 0.974 bits per heavy atom. The molecule has 0 fully saturated rings. The number of carbonyl (C=O) groups is 1. The molecule has 0 aliphatic carbocycles. The smallest absolute Gasteiger partial charge is 0.255 e. The molecule has 0 saturated heterocycles. The van der Waals surface area contributed by atoms with E-state index >= 15 is 0 Å². The van der Waals surface area contributed by atoms with E-state index in [4.69, 9.17) is 24.3 Å². The Morgan fingerprint density at radius 3 is 2.39 bits per heavy atom. The molecular weight excluding hydrogens is 482 g/mol. The van der Waals surface area contributed by atoms with Gasteiger partial charge in [0.2, 0.25) is 5.95 Å². The molecule has 0 radical (unpaired) electrons. The molecule has 4 aromatic rings. The summed E-state index contributed by atoms with van der Waals surface area (Å²) in [6, 6.07) is 21.9. The maximum Gasteiger partial charge on any atom is 0.255 e. The second-order valence-electron chi connectivity index (χ2n) is 8.62. The van der Waals surface area contributed by atoms with Crippen molar-refractivity contribution < 1.29 is 19.0 Å². The molecule has 5 rings (SSSR count). The molecule has 0 spiro atoms. The van der Waals surface area contributed by atoms with Gasteiger partial charge in [-0.15, -0.1) is 5.10 Å². The number of hydrogen-bond donors (Lipinski definition) is 2. The van der Waals surface area contributed by atoms with Gasteiger partial charge < -0.3 is 24.8 Å².